The Morgan fingerprint density at radius 1 is 1.28 bits per heavy atom. The van der Waals surface area contributed by atoms with E-state index in [0.717, 1.165) is 17.1 Å². The number of hydrogen-bond donors (Lipinski definition) is 2. The van der Waals surface area contributed by atoms with E-state index in [4.69, 9.17) is 5.11 Å². The minimum atomic E-state index is -1.04. The summed E-state index contributed by atoms with van der Waals surface area (Å²) in [6, 6.07) is 8.26. The van der Waals surface area contributed by atoms with E-state index >= 15 is 0 Å². The lowest BCUT2D eigenvalue weighted by Gasteiger charge is -2.16. The quantitative estimate of drug-likeness (QED) is 0.658. The highest BCUT2D eigenvalue weighted by atomic mass is 32.2. The zero-order valence-corrected chi connectivity index (χ0v) is 15.0. The SMILES string of the molecule is CSCCC(NC(=O)c1ccc(C(=O)O)s1)c1nnc2ccccn12. The highest BCUT2D eigenvalue weighted by molar-refractivity contribution is 7.98. The number of aromatic nitrogens is 3. The second kappa shape index (κ2) is 7.66. The van der Waals surface area contributed by atoms with Crippen LogP contribution in [-0.4, -0.2) is 43.6 Å². The van der Waals surface area contributed by atoms with Crippen molar-refractivity contribution in [2.75, 3.05) is 12.0 Å². The van der Waals surface area contributed by atoms with Gasteiger partial charge in [0.2, 0.25) is 0 Å². The largest absolute Gasteiger partial charge is 0.477 e. The fraction of sp³-hybridized carbons (Fsp3) is 0.250. The van der Waals surface area contributed by atoms with Gasteiger partial charge in [-0.2, -0.15) is 11.8 Å². The van der Waals surface area contributed by atoms with Crippen LogP contribution in [0, 0.1) is 0 Å². The summed E-state index contributed by atoms with van der Waals surface area (Å²) in [5, 5.41) is 20.3. The summed E-state index contributed by atoms with van der Waals surface area (Å²) in [6.07, 6.45) is 4.55. The molecule has 2 N–H and O–H groups in total. The predicted molar refractivity (Wildman–Crippen MR) is 97.5 cm³/mol. The zero-order chi connectivity index (χ0) is 17.8. The molecule has 1 unspecified atom stereocenters. The number of hydrogen-bond acceptors (Lipinski definition) is 6. The number of rotatable bonds is 7. The Hall–Kier alpha value is -2.39. The number of aromatic carboxylic acids is 1. The lowest BCUT2D eigenvalue weighted by molar-refractivity contribution is 0.0702. The van der Waals surface area contributed by atoms with Gasteiger partial charge < -0.3 is 10.4 Å². The van der Waals surface area contributed by atoms with E-state index in [1.165, 1.54) is 12.1 Å². The van der Waals surface area contributed by atoms with Crippen LogP contribution >= 0.6 is 23.1 Å². The van der Waals surface area contributed by atoms with Crippen molar-refractivity contribution in [1.29, 1.82) is 0 Å². The number of nitrogens with zero attached hydrogens (tertiary/aromatic N) is 3. The van der Waals surface area contributed by atoms with E-state index in [9.17, 15) is 9.59 Å². The normalized spacial score (nSPS) is 12.2. The minimum absolute atomic E-state index is 0.138. The van der Waals surface area contributed by atoms with E-state index in [1.807, 2.05) is 35.1 Å². The first-order chi connectivity index (χ1) is 12.1. The van der Waals surface area contributed by atoms with Gasteiger partial charge in [-0.15, -0.1) is 21.5 Å². The van der Waals surface area contributed by atoms with Crippen LogP contribution in [0.25, 0.3) is 5.65 Å². The summed E-state index contributed by atoms with van der Waals surface area (Å²) >= 11 is 2.64. The third-order valence-electron chi connectivity index (χ3n) is 3.61. The smallest absolute Gasteiger partial charge is 0.345 e. The summed E-state index contributed by atoms with van der Waals surface area (Å²) < 4.78 is 1.85. The lowest BCUT2D eigenvalue weighted by atomic mass is 10.2. The molecule has 0 radical (unpaired) electrons. The van der Waals surface area contributed by atoms with Gasteiger partial charge in [-0.1, -0.05) is 6.07 Å². The van der Waals surface area contributed by atoms with Crippen molar-refractivity contribution >= 4 is 40.6 Å². The minimum Gasteiger partial charge on any atom is -0.477 e. The third-order valence-corrected chi connectivity index (χ3v) is 5.32. The van der Waals surface area contributed by atoms with Crippen LogP contribution in [0.1, 0.15) is 37.6 Å². The summed E-state index contributed by atoms with van der Waals surface area (Å²) in [7, 11) is 0. The Morgan fingerprint density at radius 3 is 2.80 bits per heavy atom. The van der Waals surface area contributed by atoms with Gasteiger partial charge in [0.1, 0.15) is 4.88 Å². The molecule has 0 spiro atoms. The first-order valence-corrected chi connectivity index (χ1v) is 9.73. The Morgan fingerprint density at radius 2 is 2.08 bits per heavy atom. The van der Waals surface area contributed by atoms with Crippen molar-refractivity contribution in [3.05, 3.63) is 52.1 Å². The molecule has 3 heterocycles. The topological polar surface area (TPSA) is 96.6 Å². The third kappa shape index (κ3) is 3.83. The van der Waals surface area contributed by atoms with Crippen LogP contribution in [-0.2, 0) is 0 Å². The van der Waals surface area contributed by atoms with Gasteiger partial charge in [0, 0.05) is 6.20 Å². The monoisotopic (exact) mass is 376 g/mol. The highest BCUT2D eigenvalue weighted by Gasteiger charge is 2.22. The molecular formula is C16H16N4O3S2. The van der Waals surface area contributed by atoms with Crippen molar-refractivity contribution in [3.63, 3.8) is 0 Å². The van der Waals surface area contributed by atoms with Gasteiger partial charge >= 0.3 is 5.97 Å². The first-order valence-electron chi connectivity index (χ1n) is 7.52. The van der Waals surface area contributed by atoms with E-state index in [1.54, 1.807) is 11.8 Å². The van der Waals surface area contributed by atoms with Crippen molar-refractivity contribution in [3.8, 4) is 0 Å². The molecule has 0 fully saturated rings. The number of carboxylic acid groups (broad SMARTS) is 1. The van der Waals surface area contributed by atoms with Gasteiger partial charge in [0.15, 0.2) is 11.5 Å². The first kappa shape index (κ1) is 17.4. The van der Waals surface area contributed by atoms with Crippen molar-refractivity contribution < 1.29 is 14.7 Å². The molecule has 1 atom stereocenters. The Labute approximate surface area is 152 Å². The molecule has 0 aliphatic rings. The van der Waals surface area contributed by atoms with Gasteiger partial charge in [0.05, 0.1) is 10.9 Å². The summed E-state index contributed by atoms with van der Waals surface area (Å²) in [5.41, 5.74) is 0.713. The lowest BCUT2D eigenvalue weighted by Crippen LogP contribution is -2.29. The molecule has 0 aromatic carbocycles. The maximum atomic E-state index is 12.5. The second-order valence-corrected chi connectivity index (χ2v) is 7.33. The van der Waals surface area contributed by atoms with Crippen molar-refractivity contribution in [2.24, 2.45) is 0 Å². The number of amides is 1. The van der Waals surface area contributed by atoms with E-state index in [-0.39, 0.29) is 16.8 Å². The number of fused-ring (bicyclic) bond motifs is 1. The van der Waals surface area contributed by atoms with E-state index in [2.05, 4.69) is 15.5 Å². The molecule has 3 aromatic rings. The number of carbonyl (C=O) groups excluding carboxylic acids is 1. The molecule has 130 valence electrons. The number of nitrogens with one attached hydrogen (secondary N) is 1. The average molecular weight is 376 g/mol. The summed E-state index contributed by atoms with van der Waals surface area (Å²) in [4.78, 5) is 24.0. The van der Waals surface area contributed by atoms with Crippen molar-refractivity contribution in [1.82, 2.24) is 19.9 Å². The molecule has 0 aliphatic heterocycles. The molecule has 3 aromatic heterocycles. The molecule has 25 heavy (non-hydrogen) atoms. The fourth-order valence-corrected chi connectivity index (χ4v) is 3.62. The Bertz CT molecular complexity index is 906. The van der Waals surface area contributed by atoms with Gasteiger partial charge in [-0.3, -0.25) is 9.20 Å². The predicted octanol–water partition coefficient (Wildman–Crippen LogP) is 2.71. The van der Waals surface area contributed by atoms with Crippen LogP contribution in [0.3, 0.4) is 0 Å². The maximum Gasteiger partial charge on any atom is 0.345 e. The number of thiophene rings is 1. The van der Waals surface area contributed by atoms with Gasteiger partial charge in [-0.25, -0.2) is 4.79 Å². The van der Waals surface area contributed by atoms with Crippen LogP contribution in [0.2, 0.25) is 0 Å². The molecular weight excluding hydrogens is 360 g/mol. The summed E-state index contributed by atoms with van der Waals surface area (Å²) in [6.45, 7) is 0. The van der Waals surface area contributed by atoms with E-state index < -0.39 is 5.97 Å². The number of carbonyl (C=O) groups is 2. The molecule has 0 saturated carbocycles. The van der Waals surface area contributed by atoms with Crippen LogP contribution in [0.15, 0.2) is 36.5 Å². The molecule has 0 saturated heterocycles. The van der Waals surface area contributed by atoms with Crippen LogP contribution < -0.4 is 5.32 Å². The number of pyridine rings is 1. The molecule has 3 rings (SSSR count). The molecule has 0 aliphatic carbocycles. The molecule has 1 amide bonds. The standard InChI is InChI=1S/C16H16N4O3S2/c1-24-9-7-10(14-19-18-13-4-2-3-8-20(13)14)17-15(21)11-5-6-12(25-11)16(22)23/h2-6,8,10H,7,9H2,1H3,(H,17,21)(H,22,23). The Balaban J connectivity index is 1.85. The molecule has 0 bridgehead atoms. The van der Waals surface area contributed by atoms with Crippen LogP contribution in [0.4, 0.5) is 0 Å². The Kier molecular flexibility index (Phi) is 5.34. The van der Waals surface area contributed by atoms with Crippen LogP contribution in [0.5, 0.6) is 0 Å². The molecule has 7 nitrogen and oxygen atoms in total. The van der Waals surface area contributed by atoms with E-state index in [0.29, 0.717) is 22.8 Å². The highest BCUT2D eigenvalue weighted by Crippen LogP contribution is 2.21. The van der Waals surface area contributed by atoms with Crippen molar-refractivity contribution in [2.45, 2.75) is 12.5 Å². The second-order valence-electron chi connectivity index (χ2n) is 5.26. The number of thioether (sulfide) groups is 1. The fourth-order valence-electron chi connectivity index (χ4n) is 2.40. The average Bonchev–Trinajstić information content (AvgIpc) is 3.25. The van der Waals surface area contributed by atoms with Gasteiger partial charge in [-0.05, 0) is 42.7 Å². The molecule has 9 heteroatoms. The number of carboxylic acids is 1. The summed E-state index contributed by atoms with van der Waals surface area (Å²) in [5.74, 6) is 0.160. The maximum absolute atomic E-state index is 12.5. The zero-order valence-electron chi connectivity index (χ0n) is 13.4. The van der Waals surface area contributed by atoms with Gasteiger partial charge in [0.25, 0.3) is 5.91 Å².